The number of benzene rings is 1. The molecular formula is C18H26N2O3. The Morgan fingerprint density at radius 1 is 1.13 bits per heavy atom. The monoisotopic (exact) mass is 318 g/mol. The summed E-state index contributed by atoms with van der Waals surface area (Å²) in [5.74, 6) is 1.62. The highest BCUT2D eigenvalue weighted by molar-refractivity contribution is 5.94. The first-order chi connectivity index (χ1) is 11.3. The van der Waals surface area contributed by atoms with Gasteiger partial charge in [-0.3, -0.25) is 9.69 Å². The Morgan fingerprint density at radius 2 is 1.78 bits per heavy atom. The number of hydrogen-bond acceptors (Lipinski definition) is 4. The largest absolute Gasteiger partial charge is 0.497 e. The number of piperidine rings is 1. The second-order valence-corrected chi connectivity index (χ2v) is 6.38. The zero-order chi connectivity index (χ0) is 16.1. The van der Waals surface area contributed by atoms with E-state index >= 15 is 0 Å². The lowest BCUT2D eigenvalue weighted by Crippen LogP contribution is -2.44. The van der Waals surface area contributed by atoms with Crippen LogP contribution in [0.3, 0.4) is 0 Å². The Labute approximate surface area is 138 Å². The van der Waals surface area contributed by atoms with Crippen LogP contribution in [0.1, 0.15) is 23.2 Å². The van der Waals surface area contributed by atoms with Gasteiger partial charge in [0.15, 0.2) is 0 Å². The number of likely N-dealkylation sites (tertiary alicyclic amines) is 1. The Balaban J connectivity index is 1.48. The fourth-order valence-electron chi connectivity index (χ4n) is 3.38. The van der Waals surface area contributed by atoms with Gasteiger partial charge in [0.25, 0.3) is 5.91 Å². The van der Waals surface area contributed by atoms with Gasteiger partial charge >= 0.3 is 0 Å². The van der Waals surface area contributed by atoms with Crippen molar-refractivity contribution in [3.63, 3.8) is 0 Å². The number of rotatable bonds is 4. The fraction of sp³-hybridized carbons (Fsp3) is 0.611. The van der Waals surface area contributed by atoms with Crippen molar-refractivity contribution in [1.82, 2.24) is 9.80 Å². The molecule has 1 aromatic rings. The molecule has 0 aliphatic carbocycles. The summed E-state index contributed by atoms with van der Waals surface area (Å²) in [5.41, 5.74) is 0.748. The maximum atomic E-state index is 12.6. The van der Waals surface area contributed by atoms with Crippen LogP contribution in [0.4, 0.5) is 0 Å². The molecule has 5 nitrogen and oxygen atoms in total. The third-order valence-electron chi connectivity index (χ3n) is 4.86. The average molecular weight is 318 g/mol. The van der Waals surface area contributed by atoms with Gasteiger partial charge in [-0.25, -0.2) is 0 Å². The van der Waals surface area contributed by atoms with Gasteiger partial charge in [-0.15, -0.1) is 0 Å². The van der Waals surface area contributed by atoms with Gasteiger partial charge in [-0.05, 0) is 43.0 Å². The fourth-order valence-corrected chi connectivity index (χ4v) is 3.38. The molecule has 0 aromatic heterocycles. The van der Waals surface area contributed by atoms with Crippen LogP contribution in [-0.2, 0) is 4.74 Å². The molecule has 1 aromatic carbocycles. The van der Waals surface area contributed by atoms with Crippen LogP contribution in [0.2, 0.25) is 0 Å². The molecule has 0 atom stereocenters. The molecule has 2 aliphatic heterocycles. The summed E-state index contributed by atoms with van der Waals surface area (Å²) in [7, 11) is 1.63. The summed E-state index contributed by atoms with van der Waals surface area (Å²) in [5, 5.41) is 0. The van der Waals surface area contributed by atoms with Crippen molar-refractivity contribution in [3.8, 4) is 5.75 Å². The lowest BCUT2D eigenvalue weighted by atomic mass is 9.95. The molecule has 0 N–H and O–H groups in total. The van der Waals surface area contributed by atoms with Gasteiger partial charge in [-0.2, -0.15) is 0 Å². The van der Waals surface area contributed by atoms with Gasteiger partial charge < -0.3 is 14.4 Å². The van der Waals surface area contributed by atoms with Crippen LogP contribution in [0.5, 0.6) is 5.75 Å². The molecule has 0 radical (unpaired) electrons. The Hall–Kier alpha value is -1.59. The maximum Gasteiger partial charge on any atom is 0.253 e. The van der Waals surface area contributed by atoms with Gasteiger partial charge in [0, 0.05) is 38.3 Å². The lowest BCUT2D eigenvalue weighted by Gasteiger charge is -2.36. The zero-order valence-electron chi connectivity index (χ0n) is 13.9. The minimum atomic E-state index is 0.137. The first-order valence-electron chi connectivity index (χ1n) is 8.49. The van der Waals surface area contributed by atoms with E-state index in [1.165, 1.54) is 0 Å². The second-order valence-electron chi connectivity index (χ2n) is 6.38. The van der Waals surface area contributed by atoms with E-state index in [9.17, 15) is 4.79 Å². The summed E-state index contributed by atoms with van der Waals surface area (Å²) in [6, 6.07) is 7.39. The smallest absolute Gasteiger partial charge is 0.253 e. The third kappa shape index (κ3) is 4.24. The second kappa shape index (κ2) is 7.79. The lowest BCUT2D eigenvalue weighted by molar-refractivity contribution is 0.0243. The topological polar surface area (TPSA) is 42.0 Å². The highest BCUT2D eigenvalue weighted by Crippen LogP contribution is 2.21. The Morgan fingerprint density at radius 3 is 2.39 bits per heavy atom. The number of carbonyl (C=O) groups is 1. The number of methoxy groups -OCH3 is 1. The summed E-state index contributed by atoms with van der Waals surface area (Å²) < 4.78 is 10.5. The first-order valence-corrected chi connectivity index (χ1v) is 8.49. The van der Waals surface area contributed by atoms with Crippen LogP contribution >= 0.6 is 0 Å². The van der Waals surface area contributed by atoms with Crippen molar-refractivity contribution >= 4 is 5.91 Å². The van der Waals surface area contributed by atoms with E-state index in [0.29, 0.717) is 5.92 Å². The zero-order valence-corrected chi connectivity index (χ0v) is 13.9. The molecule has 1 amide bonds. The molecule has 3 rings (SSSR count). The molecule has 0 bridgehead atoms. The van der Waals surface area contributed by atoms with E-state index in [-0.39, 0.29) is 5.91 Å². The first kappa shape index (κ1) is 16.3. The van der Waals surface area contributed by atoms with E-state index in [1.54, 1.807) is 7.11 Å². The Bertz CT molecular complexity index is 504. The number of morpholine rings is 1. The molecule has 0 saturated carbocycles. The molecule has 2 fully saturated rings. The van der Waals surface area contributed by atoms with Crippen molar-refractivity contribution in [1.29, 1.82) is 0 Å². The van der Waals surface area contributed by atoms with Gasteiger partial charge in [0.2, 0.25) is 0 Å². The molecule has 2 saturated heterocycles. The highest BCUT2D eigenvalue weighted by Gasteiger charge is 2.25. The Kier molecular flexibility index (Phi) is 5.51. The van der Waals surface area contributed by atoms with E-state index in [4.69, 9.17) is 9.47 Å². The quantitative estimate of drug-likeness (QED) is 0.850. The molecule has 23 heavy (non-hydrogen) atoms. The predicted octanol–water partition coefficient (Wildman–Crippen LogP) is 1.88. The molecule has 126 valence electrons. The molecule has 2 aliphatic rings. The van der Waals surface area contributed by atoms with Crippen LogP contribution < -0.4 is 4.74 Å². The predicted molar refractivity (Wildman–Crippen MR) is 88.9 cm³/mol. The van der Waals surface area contributed by atoms with Crippen molar-refractivity contribution < 1.29 is 14.3 Å². The van der Waals surface area contributed by atoms with E-state index in [1.807, 2.05) is 29.2 Å². The van der Waals surface area contributed by atoms with Crippen molar-refractivity contribution in [2.45, 2.75) is 12.8 Å². The summed E-state index contributed by atoms with van der Waals surface area (Å²) in [6.07, 6.45) is 2.19. The van der Waals surface area contributed by atoms with Gasteiger partial charge in [0.05, 0.1) is 20.3 Å². The third-order valence-corrected chi connectivity index (χ3v) is 4.86. The number of amides is 1. The summed E-state index contributed by atoms with van der Waals surface area (Å²) in [6.45, 7) is 6.67. The maximum absolute atomic E-state index is 12.6. The SMILES string of the molecule is COc1ccc(C(=O)N2CCC(CN3CCOCC3)CC2)cc1. The van der Waals surface area contributed by atoms with Gasteiger partial charge in [-0.1, -0.05) is 0 Å². The van der Waals surface area contributed by atoms with Crippen molar-refractivity contribution in [3.05, 3.63) is 29.8 Å². The molecule has 5 heteroatoms. The normalized spacial score (nSPS) is 20.5. The van der Waals surface area contributed by atoms with Crippen molar-refractivity contribution in [2.24, 2.45) is 5.92 Å². The number of nitrogens with zero attached hydrogens (tertiary/aromatic N) is 2. The average Bonchev–Trinajstić information content (AvgIpc) is 2.63. The van der Waals surface area contributed by atoms with Gasteiger partial charge in [0.1, 0.15) is 5.75 Å². The van der Waals surface area contributed by atoms with Crippen molar-refractivity contribution in [2.75, 3.05) is 53.0 Å². The number of hydrogen-bond donors (Lipinski definition) is 0. The summed E-state index contributed by atoms with van der Waals surface area (Å²) in [4.78, 5) is 17.0. The van der Waals surface area contributed by atoms with Crippen LogP contribution in [0, 0.1) is 5.92 Å². The summed E-state index contributed by atoms with van der Waals surface area (Å²) >= 11 is 0. The minimum absolute atomic E-state index is 0.137. The van der Waals surface area contributed by atoms with E-state index < -0.39 is 0 Å². The van der Waals surface area contributed by atoms with Crippen LogP contribution in [0.15, 0.2) is 24.3 Å². The van der Waals surface area contributed by atoms with Crippen LogP contribution in [-0.4, -0.2) is 68.8 Å². The minimum Gasteiger partial charge on any atom is -0.497 e. The standard InChI is InChI=1S/C18H26N2O3/c1-22-17-4-2-16(3-5-17)18(21)20-8-6-15(7-9-20)14-19-10-12-23-13-11-19/h2-5,15H,6-14H2,1H3. The van der Waals surface area contributed by atoms with E-state index in [0.717, 1.165) is 70.1 Å². The number of ether oxygens (including phenoxy) is 2. The molecule has 2 heterocycles. The highest BCUT2D eigenvalue weighted by atomic mass is 16.5. The molecule has 0 unspecified atom stereocenters. The molecule has 0 spiro atoms. The van der Waals surface area contributed by atoms with E-state index in [2.05, 4.69) is 4.90 Å². The molecular weight excluding hydrogens is 292 g/mol. The number of carbonyl (C=O) groups excluding carboxylic acids is 1. The van der Waals surface area contributed by atoms with Crippen LogP contribution in [0.25, 0.3) is 0 Å².